The summed E-state index contributed by atoms with van der Waals surface area (Å²) in [7, 11) is 0. The zero-order valence-corrected chi connectivity index (χ0v) is 11.9. The first-order valence-electron chi connectivity index (χ1n) is 6.76. The average molecular weight is 274 g/mol. The van der Waals surface area contributed by atoms with E-state index in [-0.39, 0.29) is 0 Å². The van der Waals surface area contributed by atoms with Crippen LogP contribution in [0, 0.1) is 0 Å². The van der Waals surface area contributed by atoms with Crippen LogP contribution in [0.25, 0.3) is 10.6 Å². The highest BCUT2D eigenvalue weighted by Gasteiger charge is 2.20. The Morgan fingerprint density at radius 3 is 2.79 bits per heavy atom. The zero-order chi connectivity index (χ0) is 13.1. The lowest BCUT2D eigenvalue weighted by atomic mass is 10.2. The number of hydrogen-bond acceptors (Lipinski definition) is 4. The summed E-state index contributed by atoms with van der Waals surface area (Å²) < 4.78 is 5.45. The predicted octanol–water partition coefficient (Wildman–Crippen LogP) is 3.46. The van der Waals surface area contributed by atoms with Crippen molar-refractivity contribution in [2.45, 2.75) is 32.4 Å². The summed E-state index contributed by atoms with van der Waals surface area (Å²) in [5.74, 6) is 0.915. The van der Waals surface area contributed by atoms with Crippen molar-refractivity contribution in [2.75, 3.05) is 6.61 Å². The molecule has 3 rings (SSSR count). The first kappa shape index (κ1) is 12.6. The minimum absolute atomic E-state index is 0.702. The number of thiazole rings is 1. The second kappa shape index (κ2) is 5.72. The lowest BCUT2D eigenvalue weighted by Gasteiger charge is -2.02. The monoisotopic (exact) mass is 274 g/mol. The fraction of sp³-hybridized carbons (Fsp3) is 0.400. The summed E-state index contributed by atoms with van der Waals surface area (Å²) in [6.45, 7) is 3.64. The van der Waals surface area contributed by atoms with E-state index >= 15 is 0 Å². The molecular formula is C15H18N2OS. The molecule has 1 aromatic carbocycles. The molecule has 100 valence electrons. The van der Waals surface area contributed by atoms with E-state index < -0.39 is 0 Å². The van der Waals surface area contributed by atoms with Gasteiger partial charge in [0.1, 0.15) is 10.8 Å². The molecule has 1 aliphatic carbocycles. The summed E-state index contributed by atoms with van der Waals surface area (Å²) in [4.78, 5) is 5.80. The van der Waals surface area contributed by atoms with Crippen molar-refractivity contribution in [3.63, 3.8) is 0 Å². The number of hydrogen-bond donors (Lipinski definition) is 1. The molecule has 0 atom stereocenters. The largest absolute Gasteiger partial charge is 0.494 e. The molecule has 0 spiro atoms. The van der Waals surface area contributed by atoms with E-state index in [2.05, 4.69) is 22.4 Å². The van der Waals surface area contributed by atoms with Gasteiger partial charge in [-0.25, -0.2) is 4.98 Å². The molecule has 1 fully saturated rings. The van der Waals surface area contributed by atoms with E-state index in [4.69, 9.17) is 4.74 Å². The van der Waals surface area contributed by atoms with Crippen LogP contribution in [-0.4, -0.2) is 17.6 Å². The predicted molar refractivity (Wildman–Crippen MR) is 78.6 cm³/mol. The Kier molecular flexibility index (Phi) is 3.80. The zero-order valence-electron chi connectivity index (χ0n) is 11.1. The molecular weight excluding hydrogens is 256 g/mol. The number of rotatable bonds is 6. The normalized spacial score (nSPS) is 14.6. The Balaban J connectivity index is 1.66. The van der Waals surface area contributed by atoms with Crippen LogP contribution in [0.5, 0.6) is 5.75 Å². The van der Waals surface area contributed by atoms with Gasteiger partial charge in [0.15, 0.2) is 0 Å². The molecule has 0 aliphatic heterocycles. The van der Waals surface area contributed by atoms with E-state index in [1.54, 1.807) is 11.3 Å². The number of aromatic nitrogens is 1. The van der Waals surface area contributed by atoms with Crippen LogP contribution < -0.4 is 10.1 Å². The maximum absolute atomic E-state index is 5.45. The van der Waals surface area contributed by atoms with Gasteiger partial charge in [0.2, 0.25) is 0 Å². The quantitative estimate of drug-likeness (QED) is 0.876. The van der Waals surface area contributed by atoms with Gasteiger partial charge in [0, 0.05) is 29.2 Å². The second-order valence-corrected chi connectivity index (χ2v) is 5.86. The molecule has 2 aromatic rings. The molecule has 19 heavy (non-hydrogen) atoms. The SMILES string of the molecule is CCOc1ccc(-c2ncc(CNC3CC3)s2)cc1. The Morgan fingerprint density at radius 1 is 1.32 bits per heavy atom. The number of nitrogens with one attached hydrogen (secondary N) is 1. The van der Waals surface area contributed by atoms with Gasteiger partial charge in [-0.05, 0) is 44.0 Å². The molecule has 1 aromatic heterocycles. The summed E-state index contributed by atoms with van der Waals surface area (Å²) >= 11 is 1.76. The third-order valence-electron chi connectivity index (χ3n) is 3.11. The Bertz CT molecular complexity index is 531. The first-order valence-corrected chi connectivity index (χ1v) is 7.58. The number of ether oxygens (including phenoxy) is 1. The molecule has 1 heterocycles. The van der Waals surface area contributed by atoms with Crippen molar-refractivity contribution >= 4 is 11.3 Å². The van der Waals surface area contributed by atoms with Gasteiger partial charge < -0.3 is 10.1 Å². The van der Waals surface area contributed by atoms with Crippen molar-refractivity contribution in [3.8, 4) is 16.3 Å². The molecule has 1 saturated carbocycles. The molecule has 4 heteroatoms. The van der Waals surface area contributed by atoms with Crippen LogP contribution in [0.15, 0.2) is 30.5 Å². The van der Waals surface area contributed by atoms with Gasteiger partial charge in [-0.1, -0.05) is 0 Å². The third kappa shape index (κ3) is 3.33. The highest BCUT2D eigenvalue weighted by atomic mass is 32.1. The topological polar surface area (TPSA) is 34.1 Å². The standard InChI is InChI=1S/C15H18N2OS/c1-2-18-13-7-3-11(4-8-13)15-17-10-14(19-15)9-16-12-5-6-12/h3-4,7-8,10,12,16H,2,5-6,9H2,1H3. The van der Waals surface area contributed by atoms with Crippen molar-refractivity contribution in [1.82, 2.24) is 10.3 Å². The van der Waals surface area contributed by atoms with Crippen molar-refractivity contribution < 1.29 is 4.74 Å². The van der Waals surface area contributed by atoms with Crippen LogP contribution in [0.4, 0.5) is 0 Å². The molecule has 0 saturated heterocycles. The van der Waals surface area contributed by atoms with Crippen LogP contribution in [0.2, 0.25) is 0 Å². The summed E-state index contributed by atoms with van der Waals surface area (Å²) in [6, 6.07) is 8.89. The minimum Gasteiger partial charge on any atom is -0.494 e. The van der Waals surface area contributed by atoms with Gasteiger partial charge in [0.05, 0.1) is 6.61 Å². The maximum atomic E-state index is 5.45. The molecule has 0 bridgehead atoms. The lowest BCUT2D eigenvalue weighted by molar-refractivity contribution is 0.340. The maximum Gasteiger partial charge on any atom is 0.123 e. The summed E-state index contributed by atoms with van der Waals surface area (Å²) in [6.07, 6.45) is 4.63. The molecule has 0 unspecified atom stereocenters. The van der Waals surface area contributed by atoms with Crippen LogP contribution in [-0.2, 0) is 6.54 Å². The van der Waals surface area contributed by atoms with Crippen LogP contribution >= 0.6 is 11.3 Å². The molecule has 1 N–H and O–H groups in total. The van der Waals surface area contributed by atoms with E-state index in [0.29, 0.717) is 6.61 Å². The lowest BCUT2D eigenvalue weighted by Crippen LogP contribution is -2.14. The Labute approximate surface area is 117 Å². The number of benzene rings is 1. The molecule has 0 amide bonds. The van der Waals surface area contributed by atoms with Gasteiger partial charge in [0.25, 0.3) is 0 Å². The Hall–Kier alpha value is -1.39. The summed E-state index contributed by atoms with van der Waals surface area (Å²) in [5, 5.41) is 4.59. The van der Waals surface area contributed by atoms with E-state index in [1.807, 2.05) is 25.3 Å². The van der Waals surface area contributed by atoms with Gasteiger partial charge in [-0.3, -0.25) is 0 Å². The second-order valence-electron chi connectivity index (χ2n) is 4.74. The smallest absolute Gasteiger partial charge is 0.123 e. The van der Waals surface area contributed by atoms with Crippen molar-refractivity contribution in [3.05, 3.63) is 35.3 Å². The van der Waals surface area contributed by atoms with Gasteiger partial charge in [-0.15, -0.1) is 11.3 Å². The van der Waals surface area contributed by atoms with Gasteiger partial charge in [-0.2, -0.15) is 0 Å². The highest BCUT2D eigenvalue weighted by molar-refractivity contribution is 7.15. The van der Waals surface area contributed by atoms with E-state index in [0.717, 1.165) is 28.9 Å². The molecule has 1 aliphatic rings. The van der Waals surface area contributed by atoms with Gasteiger partial charge >= 0.3 is 0 Å². The third-order valence-corrected chi connectivity index (χ3v) is 4.15. The van der Waals surface area contributed by atoms with E-state index in [1.165, 1.54) is 17.7 Å². The highest BCUT2D eigenvalue weighted by Crippen LogP contribution is 2.27. The Morgan fingerprint density at radius 2 is 2.11 bits per heavy atom. The fourth-order valence-electron chi connectivity index (χ4n) is 1.92. The minimum atomic E-state index is 0.702. The van der Waals surface area contributed by atoms with Crippen molar-refractivity contribution in [2.24, 2.45) is 0 Å². The average Bonchev–Trinajstić information content (AvgIpc) is 3.15. The molecule has 3 nitrogen and oxygen atoms in total. The first-order chi connectivity index (χ1) is 9.35. The van der Waals surface area contributed by atoms with E-state index in [9.17, 15) is 0 Å². The molecule has 0 radical (unpaired) electrons. The van der Waals surface area contributed by atoms with Crippen molar-refractivity contribution in [1.29, 1.82) is 0 Å². The van der Waals surface area contributed by atoms with Crippen LogP contribution in [0.1, 0.15) is 24.6 Å². The summed E-state index contributed by atoms with van der Waals surface area (Å²) in [5.41, 5.74) is 1.16. The number of nitrogens with zero attached hydrogens (tertiary/aromatic N) is 1. The fourth-order valence-corrected chi connectivity index (χ4v) is 2.78. The van der Waals surface area contributed by atoms with Crippen LogP contribution in [0.3, 0.4) is 0 Å².